The fourth-order valence-electron chi connectivity index (χ4n) is 3.48. The molecule has 0 aliphatic heterocycles. The number of benzene rings is 1. The van der Waals surface area contributed by atoms with E-state index in [1.807, 2.05) is 0 Å². The number of hydrogen-bond donors (Lipinski definition) is 2. The second-order valence-electron chi connectivity index (χ2n) is 7.79. The van der Waals surface area contributed by atoms with E-state index >= 15 is 0 Å². The Morgan fingerprint density at radius 1 is 0.857 bits per heavy atom. The summed E-state index contributed by atoms with van der Waals surface area (Å²) in [6.07, 6.45) is 14.9. The molecule has 2 N–H and O–H groups in total. The molecule has 0 spiro atoms. The molecule has 0 amide bonds. The fourth-order valence-corrected chi connectivity index (χ4v) is 6.08. The van der Waals surface area contributed by atoms with Crippen LogP contribution < -0.4 is 4.46 Å². The van der Waals surface area contributed by atoms with Crippen LogP contribution in [-0.4, -0.2) is 37.2 Å². The first-order chi connectivity index (χ1) is 13.6. The van der Waals surface area contributed by atoms with Crippen molar-refractivity contribution >= 4 is 25.4 Å². The molecule has 28 heavy (non-hydrogen) atoms. The third-order valence-electron chi connectivity index (χ3n) is 5.19. The summed E-state index contributed by atoms with van der Waals surface area (Å²) in [6, 6.07) is 10.6. The summed E-state index contributed by atoms with van der Waals surface area (Å²) in [5, 5.41) is 19.5. The Bertz CT molecular complexity index is 492. The third kappa shape index (κ3) is 13.4. The van der Waals surface area contributed by atoms with Crippen LogP contribution in [0.3, 0.4) is 0 Å². The zero-order valence-electron chi connectivity index (χ0n) is 17.7. The summed E-state index contributed by atoms with van der Waals surface area (Å²) >= 11 is 0.312. The van der Waals surface area contributed by atoms with E-state index in [4.69, 9.17) is 5.11 Å². The van der Waals surface area contributed by atoms with E-state index in [-0.39, 0.29) is 12.5 Å². The number of hydrogen-bond acceptors (Lipinski definition) is 2. The number of carbonyl (C=O) groups is 1. The van der Waals surface area contributed by atoms with E-state index in [1.165, 1.54) is 36.6 Å². The van der Waals surface area contributed by atoms with Gasteiger partial charge in [-0.15, -0.1) is 0 Å². The summed E-state index contributed by atoms with van der Waals surface area (Å²) in [6.45, 7) is 2.24. The first-order valence-electron chi connectivity index (χ1n) is 11.2. The van der Waals surface area contributed by atoms with Gasteiger partial charge >= 0.3 is 178 Å². The molecule has 4 heteroatoms. The number of aliphatic carboxylic acids is 1. The van der Waals surface area contributed by atoms with Gasteiger partial charge in [-0.2, -0.15) is 0 Å². The molecule has 1 rings (SSSR count). The van der Waals surface area contributed by atoms with Crippen molar-refractivity contribution in [2.24, 2.45) is 0 Å². The number of carboxylic acid groups (broad SMARTS) is 1. The molecule has 1 aromatic carbocycles. The van der Waals surface area contributed by atoms with Crippen molar-refractivity contribution in [3.8, 4) is 0 Å². The summed E-state index contributed by atoms with van der Waals surface area (Å²) in [5.41, 5.74) is 0. The Morgan fingerprint density at radius 2 is 1.43 bits per heavy atom. The number of carboxylic acids is 1. The molecule has 2 atom stereocenters. The molecule has 0 radical (unpaired) electrons. The van der Waals surface area contributed by atoms with E-state index < -0.39 is 5.97 Å². The molecule has 0 saturated carbocycles. The molecular weight excluding hydrogens is 415 g/mol. The van der Waals surface area contributed by atoms with Gasteiger partial charge in [-0.05, 0) is 0 Å². The summed E-state index contributed by atoms with van der Waals surface area (Å²) in [7, 11) is 0. The van der Waals surface area contributed by atoms with E-state index in [0.29, 0.717) is 19.8 Å². The molecule has 3 nitrogen and oxygen atoms in total. The second kappa shape index (κ2) is 17.1. The van der Waals surface area contributed by atoms with Crippen LogP contribution in [0.4, 0.5) is 0 Å². The molecule has 0 aromatic heterocycles. The number of rotatable bonds is 18. The topological polar surface area (TPSA) is 57.5 Å². The minimum absolute atomic E-state index is 0.182. The normalized spacial score (nSPS) is 13.4. The molecule has 0 aliphatic carbocycles. The number of unbranched alkanes of at least 4 members (excludes halogenated alkanes) is 9. The number of aliphatic hydroxyl groups is 1. The van der Waals surface area contributed by atoms with Crippen molar-refractivity contribution in [1.29, 1.82) is 0 Å². The zero-order chi connectivity index (χ0) is 20.5. The van der Waals surface area contributed by atoms with Crippen LogP contribution in [0.5, 0.6) is 0 Å². The molecule has 0 aliphatic rings. The van der Waals surface area contributed by atoms with Crippen molar-refractivity contribution in [2.75, 3.05) is 0 Å². The molecular formula is C24H40O3Se. The van der Waals surface area contributed by atoms with E-state index in [2.05, 4.69) is 37.3 Å². The van der Waals surface area contributed by atoms with Crippen molar-refractivity contribution in [3.63, 3.8) is 0 Å². The Hall–Kier alpha value is -0.831. The van der Waals surface area contributed by atoms with Gasteiger partial charge in [0.2, 0.25) is 0 Å². The van der Waals surface area contributed by atoms with Gasteiger partial charge in [0.15, 0.2) is 0 Å². The monoisotopic (exact) mass is 456 g/mol. The van der Waals surface area contributed by atoms with Gasteiger partial charge in [-0.1, -0.05) is 0 Å². The predicted octanol–water partition coefficient (Wildman–Crippen LogP) is 5.73. The van der Waals surface area contributed by atoms with Gasteiger partial charge in [-0.25, -0.2) is 0 Å². The quantitative estimate of drug-likeness (QED) is 0.220. The van der Waals surface area contributed by atoms with E-state index in [9.17, 15) is 9.90 Å². The van der Waals surface area contributed by atoms with Crippen LogP contribution in [0.1, 0.15) is 96.8 Å². The Kier molecular flexibility index (Phi) is 15.4. The van der Waals surface area contributed by atoms with Crippen LogP contribution in [-0.2, 0) is 4.79 Å². The van der Waals surface area contributed by atoms with Crippen LogP contribution in [0.25, 0.3) is 0 Å². The zero-order valence-corrected chi connectivity index (χ0v) is 19.4. The maximum atomic E-state index is 10.8. The van der Waals surface area contributed by atoms with Crippen LogP contribution in [0, 0.1) is 0 Å². The Labute approximate surface area is 178 Å². The Balaban J connectivity index is 2.33. The van der Waals surface area contributed by atoms with Crippen LogP contribution in [0.2, 0.25) is 4.82 Å². The summed E-state index contributed by atoms with van der Waals surface area (Å²) in [5.74, 6) is -0.691. The minimum atomic E-state index is -0.691. The van der Waals surface area contributed by atoms with Crippen molar-refractivity contribution in [2.45, 2.75) is 108 Å². The van der Waals surface area contributed by atoms with Gasteiger partial charge in [0.1, 0.15) is 0 Å². The number of aliphatic hydroxyl groups excluding tert-OH is 1. The summed E-state index contributed by atoms with van der Waals surface area (Å²) < 4.78 is 1.38. The van der Waals surface area contributed by atoms with Gasteiger partial charge < -0.3 is 0 Å². The molecule has 0 bridgehead atoms. The second-order valence-corrected chi connectivity index (χ2v) is 10.5. The van der Waals surface area contributed by atoms with E-state index in [0.717, 1.165) is 51.4 Å². The van der Waals surface area contributed by atoms with Crippen LogP contribution in [0.15, 0.2) is 30.3 Å². The van der Waals surface area contributed by atoms with Crippen molar-refractivity contribution in [3.05, 3.63) is 30.3 Å². The molecule has 0 heterocycles. The predicted molar refractivity (Wildman–Crippen MR) is 120 cm³/mol. The summed E-state index contributed by atoms with van der Waals surface area (Å²) in [4.78, 5) is 11.0. The molecule has 0 fully saturated rings. The van der Waals surface area contributed by atoms with Crippen molar-refractivity contribution in [1.82, 2.24) is 0 Å². The van der Waals surface area contributed by atoms with Gasteiger partial charge in [0.25, 0.3) is 0 Å². The first kappa shape index (κ1) is 25.2. The molecule has 1 aromatic rings. The van der Waals surface area contributed by atoms with Gasteiger partial charge in [-0.3, -0.25) is 0 Å². The standard InChI is InChI=1S/C24H40O3Se/c1-2-3-4-5-7-13-18-22(25)23(28-21-16-11-10-12-17-21)19-14-8-6-9-15-20-24(26)27/h10-12,16-17,22-23,25H,2-9,13-15,18-20H2,1H3,(H,26,27). The molecule has 0 saturated heterocycles. The fraction of sp³-hybridized carbons (Fsp3) is 0.708. The van der Waals surface area contributed by atoms with Gasteiger partial charge in [0, 0.05) is 0 Å². The van der Waals surface area contributed by atoms with Gasteiger partial charge in [0.05, 0.1) is 0 Å². The van der Waals surface area contributed by atoms with Crippen molar-refractivity contribution < 1.29 is 15.0 Å². The SMILES string of the molecule is CCCCCCCCC(O)C(CCCCCCCC(=O)O)[Se]c1ccccc1. The Morgan fingerprint density at radius 3 is 2.07 bits per heavy atom. The average molecular weight is 456 g/mol. The molecule has 2 unspecified atom stereocenters. The van der Waals surface area contributed by atoms with Crippen LogP contribution >= 0.6 is 0 Å². The maximum absolute atomic E-state index is 10.8. The molecule has 160 valence electrons. The average Bonchev–Trinajstić information content (AvgIpc) is 2.69. The van der Waals surface area contributed by atoms with E-state index in [1.54, 1.807) is 0 Å². The third-order valence-corrected chi connectivity index (χ3v) is 8.12. The first-order valence-corrected chi connectivity index (χ1v) is 13.1.